The number of benzene rings is 1. The van der Waals surface area contributed by atoms with Crippen LogP contribution in [0.2, 0.25) is 0 Å². The highest BCUT2D eigenvalue weighted by Gasteiger charge is 2.41. The summed E-state index contributed by atoms with van der Waals surface area (Å²) in [6.07, 6.45) is 3.56. The van der Waals surface area contributed by atoms with Crippen LogP contribution in [0, 0.1) is 5.82 Å². The normalized spacial score (nSPS) is 18.6. The predicted octanol–water partition coefficient (Wildman–Crippen LogP) is 2.97. The van der Waals surface area contributed by atoms with Crippen LogP contribution < -0.4 is 0 Å². The van der Waals surface area contributed by atoms with Gasteiger partial charge in [-0.05, 0) is 49.9 Å². The van der Waals surface area contributed by atoms with Gasteiger partial charge in [0.25, 0.3) is 0 Å². The molecule has 0 unspecified atom stereocenters. The van der Waals surface area contributed by atoms with Crippen LogP contribution >= 0.6 is 0 Å². The molecule has 0 aromatic heterocycles. The van der Waals surface area contributed by atoms with Gasteiger partial charge in [-0.3, -0.25) is 4.79 Å². The Hall–Kier alpha value is -1.22. The number of hydrogen-bond donors (Lipinski definition) is 0. The van der Waals surface area contributed by atoms with Crippen LogP contribution in [0.4, 0.5) is 4.39 Å². The molecule has 0 N–H and O–H groups in total. The lowest BCUT2D eigenvalue weighted by Gasteiger charge is -2.25. The van der Waals surface area contributed by atoms with E-state index < -0.39 is 5.60 Å². The average molecular weight is 222 g/mol. The molecule has 1 aliphatic rings. The number of rotatable bonds is 3. The second kappa shape index (κ2) is 4.34. The maximum absolute atomic E-state index is 12.8. The van der Waals surface area contributed by atoms with Crippen molar-refractivity contribution in [2.24, 2.45) is 0 Å². The van der Waals surface area contributed by atoms with Crippen molar-refractivity contribution in [1.82, 2.24) is 0 Å². The van der Waals surface area contributed by atoms with Gasteiger partial charge >= 0.3 is 0 Å². The lowest BCUT2D eigenvalue weighted by Crippen LogP contribution is -2.37. The number of halogens is 1. The Morgan fingerprint density at radius 3 is 2.31 bits per heavy atom. The van der Waals surface area contributed by atoms with Crippen molar-refractivity contribution in [3.05, 3.63) is 35.6 Å². The van der Waals surface area contributed by atoms with Crippen LogP contribution in [-0.4, -0.2) is 18.5 Å². The standard InChI is InChI=1S/C13H15FO2/c1-16-13(8-2-3-9-13)12(15)10-4-6-11(14)7-5-10/h4-7H,2-3,8-9H2,1H3. The Kier molecular flexibility index (Phi) is 3.06. The van der Waals surface area contributed by atoms with Crippen molar-refractivity contribution in [3.8, 4) is 0 Å². The molecule has 2 rings (SSSR count). The second-order valence-corrected chi connectivity index (χ2v) is 4.24. The van der Waals surface area contributed by atoms with Crippen LogP contribution in [0.5, 0.6) is 0 Å². The number of Topliss-reactive ketones (excluding diaryl/α,β-unsaturated/α-hetero) is 1. The quantitative estimate of drug-likeness (QED) is 0.735. The molecule has 1 fully saturated rings. The number of hydrogen-bond acceptors (Lipinski definition) is 2. The van der Waals surface area contributed by atoms with Gasteiger partial charge in [-0.1, -0.05) is 0 Å². The topological polar surface area (TPSA) is 26.3 Å². The van der Waals surface area contributed by atoms with E-state index in [1.165, 1.54) is 24.3 Å². The first-order valence-electron chi connectivity index (χ1n) is 5.53. The lowest BCUT2D eigenvalue weighted by atomic mass is 9.91. The molecule has 0 atom stereocenters. The summed E-state index contributed by atoms with van der Waals surface area (Å²) in [6.45, 7) is 0. The minimum absolute atomic E-state index is 0.0208. The second-order valence-electron chi connectivity index (χ2n) is 4.24. The summed E-state index contributed by atoms with van der Waals surface area (Å²) in [5.41, 5.74) is -0.136. The summed E-state index contributed by atoms with van der Waals surface area (Å²) in [7, 11) is 1.58. The average Bonchev–Trinajstić information content (AvgIpc) is 2.79. The van der Waals surface area contributed by atoms with E-state index in [4.69, 9.17) is 4.74 Å². The molecular weight excluding hydrogens is 207 g/mol. The first-order valence-corrected chi connectivity index (χ1v) is 5.53. The van der Waals surface area contributed by atoms with Crippen molar-refractivity contribution in [2.75, 3.05) is 7.11 Å². The molecule has 3 heteroatoms. The van der Waals surface area contributed by atoms with Crippen molar-refractivity contribution >= 4 is 5.78 Å². The molecule has 0 heterocycles. The molecular formula is C13H15FO2. The molecule has 1 aromatic carbocycles. The van der Waals surface area contributed by atoms with E-state index in [0.29, 0.717) is 5.56 Å². The van der Waals surface area contributed by atoms with E-state index in [0.717, 1.165) is 25.7 Å². The molecule has 0 amide bonds. The number of ketones is 1. The van der Waals surface area contributed by atoms with Crippen molar-refractivity contribution in [2.45, 2.75) is 31.3 Å². The third-order valence-corrected chi connectivity index (χ3v) is 3.32. The zero-order valence-corrected chi connectivity index (χ0v) is 9.33. The van der Waals surface area contributed by atoms with Crippen molar-refractivity contribution in [3.63, 3.8) is 0 Å². The molecule has 16 heavy (non-hydrogen) atoms. The number of carbonyl (C=O) groups excluding carboxylic acids is 1. The summed E-state index contributed by atoms with van der Waals surface area (Å²) < 4.78 is 18.2. The predicted molar refractivity (Wildman–Crippen MR) is 58.9 cm³/mol. The van der Waals surface area contributed by atoms with Gasteiger partial charge in [-0.25, -0.2) is 4.39 Å². The molecule has 1 saturated carbocycles. The maximum Gasteiger partial charge on any atom is 0.194 e. The van der Waals surface area contributed by atoms with Gasteiger partial charge < -0.3 is 4.74 Å². The molecule has 0 bridgehead atoms. The van der Waals surface area contributed by atoms with Crippen LogP contribution in [0.1, 0.15) is 36.0 Å². The summed E-state index contributed by atoms with van der Waals surface area (Å²) >= 11 is 0. The Labute approximate surface area is 94.4 Å². The van der Waals surface area contributed by atoms with E-state index in [-0.39, 0.29) is 11.6 Å². The molecule has 0 saturated heterocycles. The highest BCUT2D eigenvalue weighted by atomic mass is 19.1. The summed E-state index contributed by atoms with van der Waals surface area (Å²) in [4.78, 5) is 12.3. The number of methoxy groups -OCH3 is 1. The van der Waals surface area contributed by atoms with Crippen molar-refractivity contribution in [1.29, 1.82) is 0 Å². The van der Waals surface area contributed by atoms with Gasteiger partial charge in [0.1, 0.15) is 11.4 Å². The zero-order chi connectivity index (χ0) is 11.6. The molecule has 1 aromatic rings. The Morgan fingerprint density at radius 2 is 1.81 bits per heavy atom. The number of carbonyl (C=O) groups is 1. The van der Waals surface area contributed by atoms with Crippen molar-refractivity contribution < 1.29 is 13.9 Å². The smallest absolute Gasteiger partial charge is 0.194 e. The van der Waals surface area contributed by atoms with Gasteiger partial charge in [0.15, 0.2) is 5.78 Å². The molecule has 0 radical (unpaired) electrons. The largest absolute Gasteiger partial charge is 0.370 e. The lowest BCUT2D eigenvalue weighted by molar-refractivity contribution is 0.00602. The van der Waals surface area contributed by atoms with Gasteiger partial charge in [-0.15, -0.1) is 0 Å². The van der Waals surface area contributed by atoms with E-state index in [9.17, 15) is 9.18 Å². The first kappa shape index (κ1) is 11.3. The summed E-state index contributed by atoms with van der Waals surface area (Å²) in [6, 6.07) is 5.67. The molecule has 2 nitrogen and oxygen atoms in total. The Bertz CT molecular complexity index is 377. The Balaban J connectivity index is 2.26. The molecule has 0 spiro atoms. The molecule has 86 valence electrons. The van der Waals surface area contributed by atoms with Gasteiger partial charge in [-0.2, -0.15) is 0 Å². The van der Waals surface area contributed by atoms with E-state index in [1.807, 2.05) is 0 Å². The van der Waals surface area contributed by atoms with E-state index >= 15 is 0 Å². The molecule has 0 aliphatic heterocycles. The monoisotopic (exact) mass is 222 g/mol. The SMILES string of the molecule is COC1(C(=O)c2ccc(F)cc2)CCCC1. The maximum atomic E-state index is 12.8. The number of ether oxygens (including phenoxy) is 1. The highest BCUT2D eigenvalue weighted by Crippen LogP contribution is 2.35. The zero-order valence-electron chi connectivity index (χ0n) is 9.33. The fraction of sp³-hybridized carbons (Fsp3) is 0.462. The fourth-order valence-electron chi connectivity index (χ4n) is 2.33. The van der Waals surface area contributed by atoms with Gasteiger partial charge in [0.2, 0.25) is 0 Å². The first-order chi connectivity index (χ1) is 7.68. The van der Waals surface area contributed by atoms with E-state index in [2.05, 4.69) is 0 Å². The fourth-order valence-corrected chi connectivity index (χ4v) is 2.33. The van der Waals surface area contributed by atoms with Crippen LogP contribution in [0.25, 0.3) is 0 Å². The third-order valence-electron chi connectivity index (χ3n) is 3.32. The van der Waals surface area contributed by atoms with Gasteiger partial charge in [0, 0.05) is 12.7 Å². The van der Waals surface area contributed by atoms with E-state index in [1.54, 1.807) is 7.11 Å². The minimum atomic E-state index is -0.669. The Morgan fingerprint density at radius 1 is 1.25 bits per heavy atom. The highest BCUT2D eigenvalue weighted by molar-refractivity contribution is 6.02. The van der Waals surface area contributed by atoms with Gasteiger partial charge in [0.05, 0.1) is 0 Å². The van der Waals surface area contributed by atoms with Crippen LogP contribution in [0.3, 0.4) is 0 Å². The summed E-state index contributed by atoms with van der Waals surface area (Å²) in [5.74, 6) is -0.345. The molecule has 1 aliphatic carbocycles. The minimum Gasteiger partial charge on any atom is -0.370 e. The van der Waals surface area contributed by atoms with Crippen LogP contribution in [0.15, 0.2) is 24.3 Å². The van der Waals surface area contributed by atoms with Crippen LogP contribution in [-0.2, 0) is 4.74 Å². The third kappa shape index (κ3) is 1.87. The summed E-state index contributed by atoms with van der Waals surface area (Å²) in [5, 5.41) is 0.